The minimum atomic E-state index is -0.0682. The first-order chi connectivity index (χ1) is 9.69. The van der Waals surface area contributed by atoms with Crippen LogP contribution < -0.4 is 10.6 Å². The zero-order valence-corrected chi connectivity index (χ0v) is 13.2. The number of nitrogens with one attached hydrogen (secondary N) is 2. The van der Waals surface area contributed by atoms with Crippen molar-refractivity contribution in [3.05, 3.63) is 22.8 Å². The summed E-state index contributed by atoms with van der Waals surface area (Å²) in [6.07, 6.45) is 3.21. The molecular weight excluding hydrogens is 294 g/mol. The van der Waals surface area contributed by atoms with Gasteiger partial charge in [0, 0.05) is 23.9 Å². The summed E-state index contributed by atoms with van der Waals surface area (Å²) < 4.78 is 0. The summed E-state index contributed by atoms with van der Waals surface area (Å²) in [6, 6.07) is 3.64. The van der Waals surface area contributed by atoms with E-state index in [0.717, 1.165) is 31.6 Å². The number of anilines is 1. The van der Waals surface area contributed by atoms with Crippen LogP contribution in [0, 0.1) is 0 Å². The van der Waals surface area contributed by atoms with Crippen LogP contribution in [-0.2, 0) is 0 Å². The smallest absolute Gasteiger partial charge is 0.251 e. The van der Waals surface area contributed by atoms with Gasteiger partial charge in [0.1, 0.15) is 11.0 Å². The predicted octanol–water partition coefficient (Wildman–Crippen LogP) is 3.18. The number of aromatic nitrogens is 1. The van der Waals surface area contributed by atoms with E-state index in [9.17, 15) is 4.79 Å². The molecule has 0 saturated carbocycles. The van der Waals surface area contributed by atoms with E-state index in [0.29, 0.717) is 16.5 Å². The monoisotopic (exact) mass is 313 g/mol. The highest BCUT2D eigenvalue weighted by Crippen LogP contribution is 2.19. The summed E-state index contributed by atoms with van der Waals surface area (Å²) in [5, 5.41) is 6.57. The van der Waals surface area contributed by atoms with Crippen molar-refractivity contribution in [1.29, 1.82) is 0 Å². The van der Waals surface area contributed by atoms with E-state index in [2.05, 4.69) is 22.5 Å². The Hall–Kier alpha value is -0.940. The van der Waals surface area contributed by atoms with Gasteiger partial charge in [-0.05, 0) is 37.1 Å². The molecule has 110 valence electrons. The van der Waals surface area contributed by atoms with Gasteiger partial charge in [0.25, 0.3) is 5.91 Å². The van der Waals surface area contributed by atoms with Crippen LogP contribution in [0.3, 0.4) is 0 Å². The molecule has 2 N–H and O–H groups in total. The van der Waals surface area contributed by atoms with E-state index in [4.69, 9.17) is 11.6 Å². The molecule has 0 aliphatic carbocycles. The number of halogens is 1. The Morgan fingerprint density at radius 2 is 2.40 bits per heavy atom. The van der Waals surface area contributed by atoms with Gasteiger partial charge < -0.3 is 10.6 Å². The summed E-state index contributed by atoms with van der Waals surface area (Å²) >= 11 is 7.87. The maximum absolute atomic E-state index is 12.3. The largest absolute Gasteiger partial charge is 0.370 e. The average Bonchev–Trinajstić information content (AvgIpc) is 2.45. The quantitative estimate of drug-likeness (QED) is 0.820. The van der Waals surface area contributed by atoms with Gasteiger partial charge in [0.05, 0.1) is 0 Å². The Morgan fingerprint density at radius 1 is 1.55 bits per heavy atom. The van der Waals surface area contributed by atoms with Gasteiger partial charge in [0.2, 0.25) is 0 Å². The number of carbonyl (C=O) groups is 1. The molecule has 6 heteroatoms. The third-order valence-corrected chi connectivity index (χ3v) is 4.52. The lowest BCUT2D eigenvalue weighted by molar-refractivity contribution is 0.0938. The molecule has 20 heavy (non-hydrogen) atoms. The third-order valence-electron chi connectivity index (χ3n) is 3.11. The van der Waals surface area contributed by atoms with Gasteiger partial charge in [-0.1, -0.05) is 18.5 Å². The molecule has 1 aliphatic heterocycles. The molecule has 1 atom stereocenters. The summed E-state index contributed by atoms with van der Waals surface area (Å²) in [7, 11) is 0. The van der Waals surface area contributed by atoms with E-state index in [1.165, 1.54) is 5.75 Å². The molecule has 1 aromatic rings. The van der Waals surface area contributed by atoms with Crippen molar-refractivity contribution in [3.63, 3.8) is 0 Å². The first kappa shape index (κ1) is 15.4. The Labute approximate surface area is 129 Å². The second-order valence-electron chi connectivity index (χ2n) is 4.88. The minimum absolute atomic E-state index is 0.0682. The van der Waals surface area contributed by atoms with Crippen molar-refractivity contribution in [1.82, 2.24) is 10.3 Å². The van der Waals surface area contributed by atoms with Crippen LogP contribution in [-0.4, -0.2) is 35.0 Å². The molecule has 0 radical (unpaired) electrons. The minimum Gasteiger partial charge on any atom is -0.370 e. The van der Waals surface area contributed by atoms with E-state index in [1.807, 2.05) is 11.8 Å². The first-order valence-corrected chi connectivity index (χ1v) is 8.52. The van der Waals surface area contributed by atoms with Crippen molar-refractivity contribution in [2.75, 3.05) is 23.4 Å². The zero-order chi connectivity index (χ0) is 14.4. The van der Waals surface area contributed by atoms with Gasteiger partial charge in [0.15, 0.2) is 0 Å². The molecule has 1 fully saturated rings. The van der Waals surface area contributed by atoms with E-state index < -0.39 is 0 Å². The SMILES string of the molecule is CCCNc1cc(C(=O)NC2CCCSC2)cc(Cl)n1. The van der Waals surface area contributed by atoms with Gasteiger partial charge in [-0.3, -0.25) is 4.79 Å². The summed E-state index contributed by atoms with van der Waals surface area (Å²) in [5.41, 5.74) is 0.569. The second kappa shape index (κ2) is 7.74. The van der Waals surface area contributed by atoms with E-state index in [1.54, 1.807) is 12.1 Å². The molecule has 1 saturated heterocycles. The van der Waals surface area contributed by atoms with Crippen molar-refractivity contribution in [2.24, 2.45) is 0 Å². The fourth-order valence-electron chi connectivity index (χ4n) is 2.09. The zero-order valence-electron chi connectivity index (χ0n) is 11.6. The van der Waals surface area contributed by atoms with E-state index >= 15 is 0 Å². The first-order valence-electron chi connectivity index (χ1n) is 6.99. The highest BCUT2D eigenvalue weighted by molar-refractivity contribution is 7.99. The fourth-order valence-corrected chi connectivity index (χ4v) is 3.38. The number of rotatable bonds is 5. The normalized spacial score (nSPS) is 18.6. The van der Waals surface area contributed by atoms with Gasteiger partial charge >= 0.3 is 0 Å². The molecule has 0 bridgehead atoms. The van der Waals surface area contributed by atoms with Gasteiger partial charge in [-0.2, -0.15) is 11.8 Å². The van der Waals surface area contributed by atoms with Crippen molar-refractivity contribution >= 4 is 35.1 Å². The topological polar surface area (TPSA) is 54.0 Å². The Balaban J connectivity index is 2.02. The maximum Gasteiger partial charge on any atom is 0.251 e. The molecule has 0 aromatic carbocycles. The average molecular weight is 314 g/mol. The van der Waals surface area contributed by atoms with E-state index in [-0.39, 0.29) is 11.9 Å². The predicted molar refractivity (Wildman–Crippen MR) is 85.8 cm³/mol. The number of pyridine rings is 1. The number of carbonyl (C=O) groups excluding carboxylic acids is 1. The standard InChI is InChI=1S/C14H20ClN3OS/c1-2-5-16-13-8-10(7-12(15)18-13)14(19)17-11-4-3-6-20-9-11/h7-8,11H,2-6,9H2,1H3,(H,16,18)(H,17,19). The number of thioether (sulfide) groups is 1. The van der Waals surface area contributed by atoms with Gasteiger partial charge in [-0.15, -0.1) is 0 Å². The lowest BCUT2D eigenvalue weighted by atomic mass is 10.1. The summed E-state index contributed by atoms with van der Waals surface area (Å²) in [6.45, 7) is 2.89. The number of nitrogens with zero attached hydrogens (tertiary/aromatic N) is 1. The number of amides is 1. The van der Waals surface area contributed by atoms with Crippen LogP contribution in [0.4, 0.5) is 5.82 Å². The van der Waals surface area contributed by atoms with Crippen LogP contribution in [0.1, 0.15) is 36.5 Å². The van der Waals surface area contributed by atoms with Crippen molar-refractivity contribution in [3.8, 4) is 0 Å². The molecule has 1 amide bonds. The second-order valence-corrected chi connectivity index (χ2v) is 6.42. The Morgan fingerprint density at radius 3 is 3.10 bits per heavy atom. The Kier molecular flexibility index (Phi) is 5.98. The molecule has 2 heterocycles. The van der Waals surface area contributed by atoms with Crippen LogP contribution >= 0.6 is 23.4 Å². The van der Waals surface area contributed by atoms with Crippen molar-refractivity contribution < 1.29 is 4.79 Å². The molecule has 1 aromatic heterocycles. The highest BCUT2D eigenvalue weighted by Gasteiger charge is 2.17. The third kappa shape index (κ3) is 4.56. The Bertz CT molecular complexity index is 464. The number of hydrogen-bond acceptors (Lipinski definition) is 4. The lowest BCUT2D eigenvalue weighted by Gasteiger charge is -2.22. The maximum atomic E-state index is 12.3. The van der Waals surface area contributed by atoms with Crippen LogP contribution in [0.5, 0.6) is 0 Å². The fraction of sp³-hybridized carbons (Fsp3) is 0.571. The van der Waals surface area contributed by atoms with Gasteiger partial charge in [-0.25, -0.2) is 4.98 Å². The summed E-state index contributed by atoms with van der Waals surface area (Å²) in [5.74, 6) is 2.77. The molecule has 2 rings (SSSR count). The summed E-state index contributed by atoms with van der Waals surface area (Å²) in [4.78, 5) is 16.4. The van der Waals surface area contributed by atoms with Crippen LogP contribution in [0.15, 0.2) is 12.1 Å². The molecule has 1 aliphatic rings. The lowest BCUT2D eigenvalue weighted by Crippen LogP contribution is -2.38. The number of hydrogen-bond donors (Lipinski definition) is 2. The molecule has 0 spiro atoms. The van der Waals surface area contributed by atoms with Crippen molar-refractivity contribution in [2.45, 2.75) is 32.2 Å². The molecule has 4 nitrogen and oxygen atoms in total. The van der Waals surface area contributed by atoms with Crippen LogP contribution in [0.25, 0.3) is 0 Å². The molecular formula is C14H20ClN3OS. The molecule has 1 unspecified atom stereocenters. The highest BCUT2D eigenvalue weighted by atomic mass is 35.5. The van der Waals surface area contributed by atoms with Crippen LogP contribution in [0.2, 0.25) is 5.15 Å².